The smallest absolute Gasteiger partial charge is 0.248 e. The lowest BCUT2D eigenvalue weighted by Gasteiger charge is -2.38. The zero-order chi connectivity index (χ0) is 29.1. The maximum Gasteiger partial charge on any atom is 0.248 e. The molecule has 0 saturated carbocycles. The molecule has 2 bridgehead atoms. The van der Waals surface area contributed by atoms with Crippen LogP contribution in [0.3, 0.4) is 0 Å². The van der Waals surface area contributed by atoms with Crippen LogP contribution in [-0.2, 0) is 14.4 Å². The van der Waals surface area contributed by atoms with E-state index in [-0.39, 0.29) is 35.5 Å². The van der Waals surface area contributed by atoms with E-state index >= 15 is 0 Å². The summed E-state index contributed by atoms with van der Waals surface area (Å²) < 4.78 is 4.80. The Balaban J connectivity index is 1.43. The molecule has 10 heteroatoms. The number of thioether (sulfide) groups is 1. The lowest BCUT2D eigenvalue weighted by Crippen LogP contribution is -2.54. The molecule has 3 fully saturated rings. The molecule has 3 aliphatic rings. The van der Waals surface area contributed by atoms with Crippen LogP contribution in [0.25, 0.3) is 0 Å². The molecule has 3 N–H and O–H groups in total. The number of likely N-dealkylation sites (tertiary alicyclic amines) is 1. The van der Waals surface area contributed by atoms with Gasteiger partial charge in [0.2, 0.25) is 17.7 Å². The summed E-state index contributed by atoms with van der Waals surface area (Å²) in [7, 11) is 0. The number of para-hydroxylation sites is 1. The number of unbranched alkanes of at least 4 members (excludes halogenated alkanes) is 3. The Bertz CT molecular complexity index is 1280. The van der Waals surface area contributed by atoms with E-state index in [0.717, 1.165) is 31.4 Å². The number of nitrogens with one attached hydrogen (secondary N) is 2. The largest absolute Gasteiger partial charge is 0.494 e. The normalized spacial score (nSPS) is 28.0. The van der Waals surface area contributed by atoms with E-state index in [2.05, 4.69) is 17.6 Å². The molecular formula is C31H38ClN3O5S. The van der Waals surface area contributed by atoms with Crippen molar-refractivity contribution in [2.24, 2.45) is 17.8 Å². The molecule has 1 spiro atoms. The van der Waals surface area contributed by atoms with Crippen LogP contribution in [0.15, 0.2) is 48.5 Å². The van der Waals surface area contributed by atoms with E-state index in [1.54, 1.807) is 53.1 Å². The van der Waals surface area contributed by atoms with E-state index < -0.39 is 22.6 Å². The number of aliphatic hydroxyl groups is 1. The van der Waals surface area contributed by atoms with Gasteiger partial charge in [0.15, 0.2) is 0 Å². The molecule has 3 heterocycles. The van der Waals surface area contributed by atoms with Crippen LogP contribution in [0, 0.1) is 17.8 Å². The highest BCUT2D eigenvalue weighted by Crippen LogP contribution is 2.68. The molecule has 3 aliphatic heterocycles. The first kappa shape index (κ1) is 29.7. The van der Waals surface area contributed by atoms with Crippen molar-refractivity contribution in [1.82, 2.24) is 4.90 Å². The zero-order valence-corrected chi connectivity index (χ0v) is 25.0. The number of halogens is 1. The first-order valence-corrected chi connectivity index (χ1v) is 15.8. The third kappa shape index (κ3) is 5.56. The quantitative estimate of drug-likeness (QED) is 0.289. The van der Waals surface area contributed by atoms with Crippen molar-refractivity contribution in [2.75, 3.05) is 30.4 Å². The molecule has 2 aromatic carbocycles. The highest BCUT2D eigenvalue weighted by Gasteiger charge is 2.75. The number of carbonyl (C=O) groups excluding carboxylic acids is 3. The fourth-order valence-electron chi connectivity index (χ4n) is 6.90. The molecule has 41 heavy (non-hydrogen) atoms. The number of benzene rings is 2. The van der Waals surface area contributed by atoms with Crippen LogP contribution in [-0.4, -0.2) is 63.5 Å². The Hall–Kier alpha value is -2.75. The minimum absolute atomic E-state index is 0.0519. The second-order valence-electron chi connectivity index (χ2n) is 11.1. The van der Waals surface area contributed by atoms with Gasteiger partial charge in [-0.15, -0.1) is 11.8 Å². The Labute approximate surface area is 250 Å². The Morgan fingerprint density at radius 2 is 1.80 bits per heavy atom. The van der Waals surface area contributed by atoms with Gasteiger partial charge in [-0.1, -0.05) is 43.5 Å². The molecular weight excluding hydrogens is 562 g/mol. The first-order chi connectivity index (χ1) is 19.8. The maximum absolute atomic E-state index is 14.2. The van der Waals surface area contributed by atoms with E-state index in [0.29, 0.717) is 36.0 Å². The van der Waals surface area contributed by atoms with Crippen LogP contribution in [0.5, 0.6) is 5.75 Å². The summed E-state index contributed by atoms with van der Waals surface area (Å²) in [6, 6.07) is 13.6. The van der Waals surface area contributed by atoms with Gasteiger partial charge in [0.1, 0.15) is 11.8 Å². The van der Waals surface area contributed by atoms with Crippen molar-refractivity contribution in [3.8, 4) is 5.75 Å². The number of fused-ring (bicyclic) bond motifs is 1. The number of ether oxygens (including phenoxy) is 1. The average molecular weight is 600 g/mol. The van der Waals surface area contributed by atoms with Gasteiger partial charge >= 0.3 is 0 Å². The highest BCUT2D eigenvalue weighted by atomic mass is 35.5. The van der Waals surface area contributed by atoms with Gasteiger partial charge < -0.3 is 25.4 Å². The standard InChI is InChI=1S/C31H38ClN3O5S/c1-3-40-21-14-12-20(13-15-21)33-28(37)25-24-18-19(2)31(41-24)26(25)30(39)35(16-8-4-5-9-17-36)27(31)29(38)34-23-11-7-6-10-22(23)32/h6-7,10-15,19,24-27,36H,3-5,8-9,16-18H2,1-2H3,(H,33,37)(H,34,38)/t19?,24-,25+,26+,27?,31?/m1/s1. The summed E-state index contributed by atoms with van der Waals surface area (Å²) in [6.07, 6.45) is 3.88. The predicted octanol–water partition coefficient (Wildman–Crippen LogP) is 5.21. The molecule has 6 atom stereocenters. The lowest BCUT2D eigenvalue weighted by molar-refractivity contribution is -0.138. The second-order valence-corrected chi connectivity index (χ2v) is 13.1. The van der Waals surface area contributed by atoms with E-state index in [1.807, 2.05) is 19.1 Å². The van der Waals surface area contributed by atoms with Gasteiger partial charge in [0, 0.05) is 24.1 Å². The third-order valence-corrected chi connectivity index (χ3v) is 11.1. The topological polar surface area (TPSA) is 108 Å². The fourth-order valence-corrected chi connectivity index (χ4v) is 9.50. The van der Waals surface area contributed by atoms with Crippen molar-refractivity contribution in [2.45, 2.75) is 62.0 Å². The summed E-state index contributed by atoms with van der Waals surface area (Å²) in [5.41, 5.74) is 1.15. The van der Waals surface area contributed by atoms with Crippen molar-refractivity contribution >= 4 is 52.5 Å². The van der Waals surface area contributed by atoms with E-state index in [1.165, 1.54) is 0 Å². The van der Waals surface area contributed by atoms with Gasteiger partial charge in [0.05, 0.1) is 33.9 Å². The zero-order valence-electron chi connectivity index (χ0n) is 23.5. The van der Waals surface area contributed by atoms with Crippen LogP contribution in [0.1, 0.15) is 46.0 Å². The van der Waals surface area contributed by atoms with Crippen LogP contribution in [0.2, 0.25) is 5.02 Å². The first-order valence-electron chi connectivity index (χ1n) is 14.5. The van der Waals surface area contributed by atoms with Gasteiger partial charge in [-0.25, -0.2) is 0 Å². The average Bonchev–Trinajstić information content (AvgIpc) is 3.54. The van der Waals surface area contributed by atoms with Gasteiger partial charge in [-0.3, -0.25) is 14.4 Å². The lowest BCUT2D eigenvalue weighted by atomic mass is 9.66. The molecule has 220 valence electrons. The number of hydrogen-bond acceptors (Lipinski definition) is 6. The fraction of sp³-hybridized carbons (Fsp3) is 0.516. The molecule has 0 radical (unpaired) electrons. The number of rotatable bonds is 12. The van der Waals surface area contributed by atoms with Gasteiger partial charge in [0.25, 0.3) is 0 Å². The van der Waals surface area contributed by atoms with Crippen LogP contribution >= 0.6 is 23.4 Å². The number of aliphatic hydroxyl groups excluding tert-OH is 1. The van der Waals surface area contributed by atoms with E-state index in [9.17, 15) is 14.4 Å². The van der Waals surface area contributed by atoms with Gasteiger partial charge in [-0.2, -0.15) is 0 Å². The maximum atomic E-state index is 14.2. The summed E-state index contributed by atoms with van der Waals surface area (Å²) in [6.45, 7) is 5.14. The summed E-state index contributed by atoms with van der Waals surface area (Å²) >= 11 is 8.03. The Kier molecular flexibility index (Phi) is 9.16. The molecule has 5 rings (SSSR count). The molecule has 0 aromatic heterocycles. The molecule has 3 amide bonds. The number of carbonyl (C=O) groups is 3. The molecule has 0 aliphatic carbocycles. The molecule has 2 aromatic rings. The number of amides is 3. The predicted molar refractivity (Wildman–Crippen MR) is 162 cm³/mol. The minimum atomic E-state index is -0.720. The second kappa shape index (κ2) is 12.6. The van der Waals surface area contributed by atoms with Crippen molar-refractivity contribution in [3.63, 3.8) is 0 Å². The number of nitrogens with zero attached hydrogens (tertiary/aromatic N) is 1. The molecule has 8 nitrogen and oxygen atoms in total. The van der Waals surface area contributed by atoms with E-state index in [4.69, 9.17) is 21.4 Å². The van der Waals surface area contributed by atoms with Crippen LogP contribution < -0.4 is 15.4 Å². The minimum Gasteiger partial charge on any atom is -0.494 e. The third-order valence-electron chi connectivity index (χ3n) is 8.67. The highest BCUT2D eigenvalue weighted by molar-refractivity contribution is 8.02. The summed E-state index contributed by atoms with van der Waals surface area (Å²) in [4.78, 5) is 43.8. The number of hydrogen-bond donors (Lipinski definition) is 3. The Morgan fingerprint density at radius 1 is 1.07 bits per heavy atom. The monoisotopic (exact) mass is 599 g/mol. The van der Waals surface area contributed by atoms with Crippen molar-refractivity contribution in [1.29, 1.82) is 0 Å². The van der Waals surface area contributed by atoms with Crippen molar-refractivity contribution in [3.05, 3.63) is 53.6 Å². The number of anilines is 2. The summed E-state index contributed by atoms with van der Waals surface area (Å²) in [5.74, 6) is -0.914. The van der Waals surface area contributed by atoms with Crippen molar-refractivity contribution < 1.29 is 24.2 Å². The molecule has 3 unspecified atom stereocenters. The van der Waals surface area contributed by atoms with Crippen LogP contribution in [0.4, 0.5) is 11.4 Å². The molecule has 3 saturated heterocycles. The van der Waals surface area contributed by atoms with Gasteiger partial charge in [-0.05, 0) is 68.5 Å². The SMILES string of the molecule is CCOc1ccc(NC(=O)[C@@H]2[C@H]3C(=O)N(CCCCCCO)C(C(=O)Nc4ccccc4Cl)C34S[C@@H]2CC4C)cc1. The summed E-state index contributed by atoms with van der Waals surface area (Å²) in [5, 5.41) is 15.6. The Morgan fingerprint density at radius 3 is 2.51 bits per heavy atom.